The van der Waals surface area contributed by atoms with Crippen molar-refractivity contribution in [3.05, 3.63) is 66.2 Å². The number of hydrogen-bond acceptors (Lipinski definition) is 5. The number of rotatable bonds is 6. The van der Waals surface area contributed by atoms with E-state index >= 15 is 0 Å². The second kappa shape index (κ2) is 8.92. The molecule has 1 N–H and O–H groups in total. The van der Waals surface area contributed by atoms with E-state index in [2.05, 4.69) is 39.6 Å². The first-order chi connectivity index (χ1) is 15.6. The van der Waals surface area contributed by atoms with Crippen molar-refractivity contribution >= 4 is 5.91 Å². The molecule has 2 saturated heterocycles. The minimum absolute atomic E-state index is 0.0427. The minimum Gasteiger partial charge on any atom is -0.464 e. The van der Waals surface area contributed by atoms with Gasteiger partial charge < -0.3 is 14.5 Å². The third kappa shape index (κ3) is 4.36. The third-order valence-electron chi connectivity index (χ3n) is 6.85. The van der Waals surface area contributed by atoms with Crippen molar-refractivity contribution < 1.29 is 13.9 Å². The number of aromatic nitrogens is 2. The van der Waals surface area contributed by atoms with E-state index in [-0.39, 0.29) is 17.6 Å². The largest absolute Gasteiger partial charge is 0.464 e. The van der Waals surface area contributed by atoms with Gasteiger partial charge in [0.25, 0.3) is 5.91 Å². The number of hydrogen-bond donors (Lipinski definition) is 1. The summed E-state index contributed by atoms with van der Waals surface area (Å²) in [6.07, 6.45) is 7.56. The molecule has 0 radical (unpaired) electrons. The van der Waals surface area contributed by atoms with Gasteiger partial charge in [-0.05, 0) is 49.4 Å². The van der Waals surface area contributed by atoms with Crippen molar-refractivity contribution in [1.29, 1.82) is 0 Å². The second-order valence-corrected chi connectivity index (χ2v) is 8.92. The molecule has 32 heavy (non-hydrogen) atoms. The maximum absolute atomic E-state index is 12.3. The Bertz CT molecular complexity index is 1050. The molecular formula is C25H30N4O3. The first kappa shape index (κ1) is 21.0. The monoisotopic (exact) mass is 434 g/mol. The molecule has 3 aromatic rings. The standard InChI is InChI=1S/C25H30N4O3/c1-28-22(9-13-27-28)24(30)26-17-20-8-10-25(32-20)11-14-29(15-12-25)18-19-5-2-3-6-21(19)23-7-4-16-31-23/h2-7,9,13,16,20H,8,10-12,14-15,17-18H2,1H3,(H,26,30). The van der Waals surface area contributed by atoms with E-state index in [1.807, 2.05) is 12.1 Å². The van der Waals surface area contributed by atoms with Crippen LogP contribution in [0.5, 0.6) is 0 Å². The average Bonchev–Trinajstić information content (AvgIpc) is 3.56. The van der Waals surface area contributed by atoms with Crippen LogP contribution in [0.25, 0.3) is 11.3 Å². The van der Waals surface area contributed by atoms with Gasteiger partial charge >= 0.3 is 0 Å². The number of nitrogens with one attached hydrogen (secondary N) is 1. The van der Waals surface area contributed by atoms with E-state index in [1.165, 1.54) is 11.1 Å². The number of nitrogens with zero attached hydrogens (tertiary/aromatic N) is 3. The lowest BCUT2D eigenvalue weighted by Crippen LogP contribution is -2.45. The molecule has 1 unspecified atom stereocenters. The quantitative estimate of drug-likeness (QED) is 0.642. The molecule has 0 aliphatic carbocycles. The Morgan fingerprint density at radius 2 is 2.00 bits per heavy atom. The topological polar surface area (TPSA) is 72.5 Å². The summed E-state index contributed by atoms with van der Waals surface area (Å²) in [7, 11) is 1.77. The molecular weight excluding hydrogens is 404 g/mol. The molecule has 5 rings (SSSR count). The summed E-state index contributed by atoms with van der Waals surface area (Å²) >= 11 is 0. The van der Waals surface area contributed by atoms with Crippen LogP contribution in [0.15, 0.2) is 59.3 Å². The maximum atomic E-state index is 12.3. The molecule has 1 aromatic carbocycles. The zero-order chi connectivity index (χ0) is 22.0. The summed E-state index contributed by atoms with van der Waals surface area (Å²) < 4.78 is 13.7. The second-order valence-electron chi connectivity index (χ2n) is 8.92. The molecule has 2 aromatic heterocycles. The number of aryl methyl sites for hydroxylation is 1. The smallest absolute Gasteiger partial charge is 0.269 e. The summed E-state index contributed by atoms with van der Waals surface area (Å²) in [5.41, 5.74) is 2.99. The minimum atomic E-state index is -0.0976. The molecule has 1 amide bonds. The fourth-order valence-electron chi connectivity index (χ4n) is 4.99. The molecule has 7 nitrogen and oxygen atoms in total. The Kier molecular flexibility index (Phi) is 5.85. The van der Waals surface area contributed by atoms with E-state index in [9.17, 15) is 4.79 Å². The van der Waals surface area contributed by atoms with E-state index in [0.29, 0.717) is 12.2 Å². The Hall–Kier alpha value is -2.90. The molecule has 1 atom stereocenters. The number of carbonyl (C=O) groups excluding carboxylic acids is 1. The summed E-state index contributed by atoms with van der Waals surface area (Å²) in [5, 5.41) is 7.06. The molecule has 2 fully saturated rings. The molecule has 2 aliphatic heterocycles. The zero-order valence-electron chi connectivity index (χ0n) is 18.5. The van der Waals surface area contributed by atoms with Crippen molar-refractivity contribution in [3.8, 4) is 11.3 Å². The number of ether oxygens (including phenoxy) is 1. The van der Waals surface area contributed by atoms with Gasteiger partial charge in [0.15, 0.2) is 0 Å². The van der Waals surface area contributed by atoms with E-state index in [4.69, 9.17) is 9.15 Å². The fourth-order valence-corrected chi connectivity index (χ4v) is 4.99. The SMILES string of the molecule is Cn1nccc1C(=O)NCC1CCC2(CCN(Cc3ccccc3-c3ccco3)CC2)O1. The van der Waals surface area contributed by atoms with Crippen molar-refractivity contribution in [2.45, 2.75) is 43.9 Å². The number of furan rings is 1. The maximum Gasteiger partial charge on any atom is 0.269 e. The highest BCUT2D eigenvalue weighted by atomic mass is 16.5. The number of carbonyl (C=O) groups is 1. The lowest BCUT2D eigenvalue weighted by Gasteiger charge is -2.39. The van der Waals surface area contributed by atoms with Gasteiger partial charge in [-0.15, -0.1) is 0 Å². The predicted octanol–water partition coefficient (Wildman–Crippen LogP) is 3.62. The number of benzene rings is 1. The lowest BCUT2D eigenvalue weighted by atomic mass is 9.88. The molecule has 4 heterocycles. The number of amides is 1. The van der Waals surface area contributed by atoms with Gasteiger partial charge in [-0.1, -0.05) is 24.3 Å². The van der Waals surface area contributed by atoms with Crippen LogP contribution in [-0.4, -0.2) is 51.9 Å². The molecule has 1 spiro atoms. The highest BCUT2D eigenvalue weighted by Crippen LogP contribution is 2.39. The van der Waals surface area contributed by atoms with Crippen LogP contribution in [-0.2, 0) is 18.3 Å². The zero-order valence-corrected chi connectivity index (χ0v) is 18.5. The van der Waals surface area contributed by atoms with E-state index < -0.39 is 0 Å². The Labute approximate surface area is 188 Å². The molecule has 0 bridgehead atoms. The number of likely N-dealkylation sites (tertiary alicyclic amines) is 1. The highest BCUT2D eigenvalue weighted by Gasteiger charge is 2.42. The van der Waals surface area contributed by atoms with Crippen LogP contribution in [0.3, 0.4) is 0 Å². The van der Waals surface area contributed by atoms with Gasteiger partial charge in [-0.3, -0.25) is 14.4 Å². The normalized spacial score (nSPS) is 20.6. The Morgan fingerprint density at radius 3 is 2.75 bits per heavy atom. The van der Waals surface area contributed by atoms with Gasteiger partial charge in [0.1, 0.15) is 11.5 Å². The van der Waals surface area contributed by atoms with Crippen molar-refractivity contribution in [1.82, 2.24) is 20.0 Å². The highest BCUT2D eigenvalue weighted by molar-refractivity contribution is 5.92. The van der Waals surface area contributed by atoms with Crippen molar-refractivity contribution in [3.63, 3.8) is 0 Å². The van der Waals surface area contributed by atoms with Crippen LogP contribution >= 0.6 is 0 Å². The van der Waals surface area contributed by atoms with Crippen LogP contribution in [0.4, 0.5) is 0 Å². The van der Waals surface area contributed by atoms with Crippen LogP contribution in [0.2, 0.25) is 0 Å². The summed E-state index contributed by atoms with van der Waals surface area (Å²) in [6.45, 7) is 3.49. The van der Waals surface area contributed by atoms with E-state index in [0.717, 1.165) is 51.1 Å². The Morgan fingerprint density at radius 1 is 1.16 bits per heavy atom. The molecule has 2 aliphatic rings. The first-order valence-corrected chi connectivity index (χ1v) is 11.4. The third-order valence-corrected chi connectivity index (χ3v) is 6.85. The fraction of sp³-hybridized carbons (Fsp3) is 0.440. The number of piperidine rings is 1. The molecule has 0 saturated carbocycles. The predicted molar refractivity (Wildman–Crippen MR) is 121 cm³/mol. The van der Waals surface area contributed by atoms with Gasteiger partial charge in [0.05, 0.1) is 18.0 Å². The van der Waals surface area contributed by atoms with Gasteiger partial charge in [-0.2, -0.15) is 5.10 Å². The van der Waals surface area contributed by atoms with Gasteiger partial charge in [-0.25, -0.2) is 0 Å². The lowest BCUT2D eigenvalue weighted by molar-refractivity contribution is -0.0764. The molecule has 7 heteroatoms. The van der Waals surface area contributed by atoms with Crippen molar-refractivity contribution in [2.75, 3.05) is 19.6 Å². The summed E-state index contributed by atoms with van der Waals surface area (Å²) in [6, 6.07) is 14.2. The van der Waals surface area contributed by atoms with Crippen LogP contribution in [0, 0.1) is 0 Å². The average molecular weight is 435 g/mol. The van der Waals surface area contributed by atoms with Crippen molar-refractivity contribution in [2.24, 2.45) is 7.05 Å². The van der Waals surface area contributed by atoms with E-state index in [1.54, 1.807) is 30.3 Å². The van der Waals surface area contributed by atoms with Gasteiger partial charge in [0.2, 0.25) is 0 Å². The summed E-state index contributed by atoms with van der Waals surface area (Å²) in [4.78, 5) is 14.8. The summed E-state index contributed by atoms with van der Waals surface area (Å²) in [5.74, 6) is 0.823. The first-order valence-electron chi connectivity index (χ1n) is 11.4. The van der Waals surface area contributed by atoms with Crippen LogP contribution < -0.4 is 5.32 Å². The van der Waals surface area contributed by atoms with Crippen LogP contribution in [0.1, 0.15) is 41.7 Å². The molecule has 168 valence electrons. The van der Waals surface area contributed by atoms with Gasteiger partial charge in [0, 0.05) is 45.0 Å². The Balaban J connectivity index is 1.13.